The molecule has 4 rings (SSSR count). The molecule has 0 radical (unpaired) electrons. The molecule has 0 spiro atoms. The average Bonchev–Trinajstić information content (AvgIpc) is 3.23. The Bertz CT molecular complexity index is 1280. The van der Waals surface area contributed by atoms with Gasteiger partial charge in [-0.1, -0.05) is 29.4 Å². The Balaban J connectivity index is 1.63. The lowest BCUT2D eigenvalue weighted by Crippen LogP contribution is -2.23. The van der Waals surface area contributed by atoms with Gasteiger partial charge in [-0.2, -0.15) is 23.3 Å². The van der Waals surface area contributed by atoms with Crippen LogP contribution in [-0.4, -0.2) is 27.0 Å². The predicted octanol–water partition coefficient (Wildman–Crippen LogP) is 4.04. The molecule has 7 nitrogen and oxygen atoms in total. The van der Waals surface area contributed by atoms with Gasteiger partial charge in [0.15, 0.2) is 0 Å². The average molecular weight is 428 g/mol. The molecule has 0 atom stereocenters. The van der Waals surface area contributed by atoms with Crippen molar-refractivity contribution in [1.82, 2.24) is 19.9 Å². The van der Waals surface area contributed by atoms with Gasteiger partial charge in [0, 0.05) is 17.2 Å². The standard InChI is InChI=1S/C21H15F3N4O3/c1-30-17-8-3-2-7-15(17)16-9-10-19(29)28(26-16)12-18-25-20(27-31-18)13-5-4-6-14(11-13)21(22,23)24/h2-11H,12H2,1H3. The lowest BCUT2D eigenvalue weighted by Gasteiger charge is -2.09. The number of alkyl halides is 3. The third-order valence-corrected chi connectivity index (χ3v) is 4.45. The highest BCUT2D eigenvalue weighted by Gasteiger charge is 2.30. The zero-order valence-electron chi connectivity index (χ0n) is 16.1. The highest BCUT2D eigenvalue weighted by molar-refractivity contribution is 5.66. The summed E-state index contributed by atoms with van der Waals surface area (Å²) >= 11 is 0. The van der Waals surface area contributed by atoms with Crippen LogP contribution in [0.25, 0.3) is 22.6 Å². The Hall–Kier alpha value is -3.95. The topological polar surface area (TPSA) is 83.0 Å². The van der Waals surface area contributed by atoms with Crippen LogP contribution in [0.4, 0.5) is 13.2 Å². The fraction of sp³-hybridized carbons (Fsp3) is 0.143. The zero-order chi connectivity index (χ0) is 22.0. The molecule has 10 heteroatoms. The SMILES string of the molecule is COc1ccccc1-c1ccc(=O)n(Cc2nc(-c3cccc(C(F)(F)F)c3)no2)n1. The summed E-state index contributed by atoms with van der Waals surface area (Å²) in [5, 5.41) is 8.05. The van der Waals surface area contributed by atoms with Gasteiger partial charge >= 0.3 is 6.18 Å². The Labute approximate surface area is 173 Å². The van der Waals surface area contributed by atoms with E-state index in [9.17, 15) is 18.0 Å². The van der Waals surface area contributed by atoms with Gasteiger partial charge in [0.05, 0.1) is 18.4 Å². The van der Waals surface area contributed by atoms with E-state index in [2.05, 4.69) is 15.2 Å². The highest BCUT2D eigenvalue weighted by Crippen LogP contribution is 2.31. The summed E-state index contributed by atoms with van der Waals surface area (Å²) in [5.41, 5.74) is 0.104. The molecule has 2 aromatic heterocycles. The molecular formula is C21H15F3N4O3. The van der Waals surface area contributed by atoms with Crippen molar-refractivity contribution in [1.29, 1.82) is 0 Å². The summed E-state index contributed by atoms with van der Waals surface area (Å²) in [7, 11) is 1.53. The number of methoxy groups -OCH3 is 1. The lowest BCUT2D eigenvalue weighted by atomic mass is 10.1. The van der Waals surface area contributed by atoms with Gasteiger partial charge in [0.25, 0.3) is 5.56 Å². The van der Waals surface area contributed by atoms with E-state index in [1.165, 1.54) is 25.3 Å². The molecule has 0 unspecified atom stereocenters. The quantitative estimate of drug-likeness (QED) is 0.477. The minimum atomic E-state index is -4.49. The number of hydrogen-bond acceptors (Lipinski definition) is 6. The largest absolute Gasteiger partial charge is 0.496 e. The molecule has 0 amide bonds. The predicted molar refractivity (Wildman–Crippen MR) is 104 cm³/mol. The van der Waals surface area contributed by atoms with Crippen molar-refractivity contribution in [2.75, 3.05) is 7.11 Å². The molecule has 0 aliphatic heterocycles. The van der Waals surface area contributed by atoms with E-state index in [1.807, 2.05) is 12.1 Å². The highest BCUT2D eigenvalue weighted by atomic mass is 19.4. The molecule has 0 saturated heterocycles. The minimum Gasteiger partial charge on any atom is -0.496 e. The zero-order valence-corrected chi connectivity index (χ0v) is 16.1. The van der Waals surface area contributed by atoms with Crippen LogP contribution in [0.2, 0.25) is 0 Å². The van der Waals surface area contributed by atoms with Crippen molar-refractivity contribution in [3.8, 4) is 28.4 Å². The molecule has 0 fully saturated rings. The van der Waals surface area contributed by atoms with Gasteiger partial charge in [-0.3, -0.25) is 4.79 Å². The first-order chi connectivity index (χ1) is 14.8. The Kier molecular flexibility index (Phi) is 5.28. The van der Waals surface area contributed by atoms with Gasteiger partial charge in [0.1, 0.15) is 12.3 Å². The second-order valence-corrected chi connectivity index (χ2v) is 6.51. The maximum absolute atomic E-state index is 12.9. The van der Waals surface area contributed by atoms with Crippen LogP contribution in [0.3, 0.4) is 0 Å². The number of aromatic nitrogens is 4. The number of hydrogen-bond donors (Lipinski definition) is 0. The Morgan fingerprint density at radius 2 is 1.87 bits per heavy atom. The first-order valence-corrected chi connectivity index (χ1v) is 9.07. The molecule has 158 valence electrons. The Morgan fingerprint density at radius 3 is 2.65 bits per heavy atom. The summed E-state index contributed by atoms with van der Waals surface area (Å²) in [6.07, 6.45) is -4.49. The van der Waals surface area contributed by atoms with Crippen LogP contribution in [0.1, 0.15) is 11.5 Å². The molecule has 0 aliphatic carbocycles. The van der Waals surface area contributed by atoms with E-state index < -0.39 is 17.3 Å². The van der Waals surface area contributed by atoms with Crippen molar-refractivity contribution < 1.29 is 22.4 Å². The van der Waals surface area contributed by atoms with Crippen LogP contribution in [0, 0.1) is 0 Å². The van der Waals surface area contributed by atoms with E-state index >= 15 is 0 Å². The van der Waals surface area contributed by atoms with Gasteiger partial charge in [-0.05, 0) is 30.3 Å². The first-order valence-electron chi connectivity index (χ1n) is 9.07. The molecule has 4 aromatic rings. The summed E-state index contributed by atoms with van der Waals surface area (Å²) in [5.74, 6) is 0.596. The fourth-order valence-electron chi connectivity index (χ4n) is 2.96. The number of nitrogens with zero attached hydrogens (tertiary/aromatic N) is 4. The third-order valence-electron chi connectivity index (χ3n) is 4.45. The molecule has 2 aromatic carbocycles. The van der Waals surface area contributed by atoms with E-state index in [0.717, 1.165) is 16.8 Å². The van der Waals surface area contributed by atoms with Crippen LogP contribution < -0.4 is 10.3 Å². The van der Waals surface area contributed by atoms with E-state index in [-0.39, 0.29) is 23.8 Å². The summed E-state index contributed by atoms with van der Waals surface area (Å²) in [6, 6.07) is 14.7. The normalized spacial score (nSPS) is 11.5. The van der Waals surface area contributed by atoms with Crippen LogP contribution >= 0.6 is 0 Å². The summed E-state index contributed by atoms with van der Waals surface area (Å²) < 4.78 is 50.4. The maximum atomic E-state index is 12.9. The molecule has 2 heterocycles. The number of para-hydroxylation sites is 1. The number of halogens is 3. The molecular weight excluding hydrogens is 413 g/mol. The molecule has 0 saturated carbocycles. The van der Waals surface area contributed by atoms with Crippen molar-refractivity contribution in [3.05, 3.63) is 82.5 Å². The summed E-state index contributed by atoms with van der Waals surface area (Å²) in [4.78, 5) is 16.4. The maximum Gasteiger partial charge on any atom is 0.416 e. The van der Waals surface area contributed by atoms with E-state index in [4.69, 9.17) is 9.26 Å². The van der Waals surface area contributed by atoms with Crippen molar-refractivity contribution in [3.63, 3.8) is 0 Å². The Morgan fingerprint density at radius 1 is 1.06 bits per heavy atom. The van der Waals surface area contributed by atoms with Crippen molar-refractivity contribution >= 4 is 0 Å². The van der Waals surface area contributed by atoms with E-state index in [0.29, 0.717) is 17.0 Å². The smallest absolute Gasteiger partial charge is 0.416 e. The second-order valence-electron chi connectivity index (χ2n) is 6.51. The fourth-order valence-corrected chi connectivity index (χ4v) is 2.96. The molecule has 0 aliphatic rings. The molecule has 0 bridgehead atoms. The first kappa shape index (κ1) is 20.3. The number of ether oxygens (including phenoxy) is 1. The summed E-state index contributed by atoms with van der Waals surface area (Å²) in [6.45, 7) is -0.145. The van der Waals surface area contributed by atoms with Crippen LogP contribution in [-0.2, 0) is 12.7 Å². The second kappa shape index (κ2) is 8.05. The van der Waals surface area contributed by atoms with Gasteiger partial charge in [-0.15, -0.1) is 0 Å². The number of benzene rings is 2. The third kappa shape index (κ3) is 4.32. The monoisotopic (exact) mass is 428 g/mol. The number of rotatable bonds is 5. The molecule has 0 N–H and O–H groups in total. The van der Waals surface area contributed by atoms with Crippen LogP contribution in [0.15, 0.2) is 70.0 Å². The van der Waals surface area contributed by atoms with Gasteiger partial charge < -0.3 is 9.26 Å². The molecule has 31 heavy (non-hydrogen) atoms. The van der Waals surface area contributed by atoms with Crippen LogP contribution in [0.5, 0.6) is 5.75 Å². The minimum absolute atomic E-state index is 0.0185. The van der Waals surface area contributed by atoms with Gasteiger partial charge in [0.2, 0.25) is 11.7 Å². The lowest BCUT2D eigenvalue weighted by molar-refractivity contribution is -0.137. The van der Waals surface area contributed by atoms with Crippen molar-refractivity contribution in [2.24, 2.45) is 0 Å². The van der Waals surface area contributed by atoms with Crippen molar-refractivity contribution in [2.45, 2.75) is 12.7 Å². The van der Waals surface area contributed by atoms with E-state index in [1.54, 1.807) is 18.2 Å². The van der Waals surface area contributed by atoms with Gasteiger partial charge in [-0.25, -0.2) is 4.68 Å².